The summed E-state index contributed by atoms with van der Waals surface area (Å²) in [5.74, 6) is 0.659. The van der Waals surface area contributed by atoms with Crippen LogP contribution in [0.5, 0.6) is 0 Å². The van der Waals surface area contributed by atoms with Crippen molar-refractivity contribution in [3.05, 3.63) is 53.7 Å². The summed E-state index contributed by atoms with van der Waals surface area (Å²) in [5, 5.41) is 0. The number of hydrogen-bond acceptors (Lipinski definition) is 3. The average Bonchev–Trinajstić information content (AvgIpc) is 2.79. The number of aryl methyl sites for hydroxylation is 1. The third kappa shape index (κ3) is 1.94. The molecule has 3 rings (SSSR count). The van der Waals surface area contributed by atoms with Gasteiger partial charge in [0.25, 0.3) is 0 Å². The number of aromatic nitrogens is 2. The number of fused-ring (bicyclic) bond motifs is 1. The van der Waals surface area contributed by atoms with Gasteiger partial charge in [-0.3, -0.25) is 4.40 Å². The minimum atomic E-state index is 0.544. The highest BCUT2D eigenvalue weighted by molar-refractivity contribution is 5.77. The Morgan fingerprint density at radius 3 is 2.75 bits per heavy atom. The molecule has 0 amide bonds. The number of rotatable bonds is 3. The Bertz CT molecular complexity index is 762. The highest BCUT2D eigenvalue weighted by atomic mass is 16.5. The fraction of sp³-hybridized carbons (Fsp3) is 0.188. The van der Waals surface area contributed by atoms with Crippen LogP contribution < -0.4 is 5.73 Å². The van der Waals surface area contributed by atoms with Gasteiger partial charge in [0.05, 0.1) is 6.61 Å². The maximum atomic E-state index is 6.26. The van der Waals surface area contributed by atoms with E-state index in [1.165, 1.54) is 0 Å². The summed E-state index contributed by atoms with van der Waals surface area (Å²) in [6.07, 6.45) is 1.94. The highest BCUT2D eigenvalue weighted by Crippen LogP contribution is 2.30. The van der Waals surface area contributed by atoms with E-state index >= 15 is 0 Å². The van der Waals surface area contributed by atoms with Crippen molar-refractivity contribution in [3.63, 3.8) is 0 Å². The monoisotopic (exact) mass is 267 g/mol. The second kappa shape index (κ2) is 4.98. The zero-order chi connectivity index (χ0) is 14.1. The Labute approximate surface area is 117 Å². The van der Waals surface area contributed by atoms with Gasteiger partial charge in [-0.1, -0.05) is 30.3 Å². The van der Waals surface area contributed by atoms with E-state index in [4.69, 9.17) is 15.5 Å². The van der Waals surface area contributed by atoms with Crippen LogP contribution >= 0.6 is 0 Å². The lowest BCUT2D eigenvalue weighted by Crippen LogP contribution is -1.97. The van der Waals surface area contributed by atoms with Gasteiger partial charge in [-0.05, 0) is 24.1 Å². The summed E-state index contributed by atoms with van der Waals surface area (Å²) in [4.78, 5) is 4.71. The molecule has 0 aliphatic heterocycles. The largest absolute Gasteiger partial charge is 0.383 e. The fourth-order valence-electron chi connectivity index (χ4n) is 2.45. The number of nitrogens with two attached hydrogens (primary N) is 1. The van der Waals surface area contributed by atoms with Crippen LogP contribution in [-0.2, 0) is 11.3 Å². The van der Waals surface area contributed by atoms with Gasteiger partial charge in [-0.25, -0.2) is 4.98 Å². The van der Waals surface area contributed by atoms with E-state index < -0.39 is 0 Å². The first-order valence-corrected chi connectivity index (χ1v) is 6.52. The molecule has 2 heterocycles. The molecule has 1 aromatic carbocycles. The Kier molecular flexibility index (Phi) is 3.16. The molecule has 0 spiro atoms. The molecule has 0 fully saturated rings. The molecule has 0 saturated heterocycles. The van der Waals surface area contributed by atoms with Gasteiger partial charge < -0.3 is 10.5 Å². The van der Waals surface area contributed by atoms with Crippen molar-refractivity contribution in [1.29, 1.82) is 0 Å². The van der Waals surface area contributed by atoms with Gasteiger partial charge in [-0.15, -0.1) is 0 Å². The first kappa shape index (κ1) is 12.7. The molecule has 2 aromatic heterocycles. The molecule has 0 saturated carbocycles. The summed E-state index contributed by atoms with van der Waals surface area (Å²) in [6.45, 7) is 2.58. The predicted molar refractivity (Wildman–Crippen MR) is 80.5 cm³/mol. The third-order valence-electron chi connectivity index (χ3n) is 3.45. The summed E-state index contributed by atoms with van der Waals surface area (Å²) < 4.78 is 7.18. The molecule has 0 aliphatic rings. The lowest BCUT2D eigenvalue weighted by atomic mass is 10.1. The predicted octanol–water partition coefficient (Wildman–Crippen LogP) is 3.04. The van der Waals surface area contributed by atoms with Gasteiger partial charge in [-0.2, -0.15) is 0 Å². The minimum absolute atomic E-state index is 0.544. The molecule has 0 radical (unpaired) electrons. The number of imidazole rings is 1. The molecule has 20 heavy (non-hydrogen) atoms. The van der Waals surface area contributed by atoms with Gasteiger partial charge in [0.2, 0.25) is 0 Å². The summed E-state index contributed by atoms with van der Waals surface area (Å²) in [5.41, 5.74) is 11.2. The summed E-state index contributed by atoms with van der Waals surface area (Å²) >= 11 is 0. The first-order chi connectivity index (χ1) is 9.72. The van der Waals surface area contributed by atoms with Crippen LogP contribution in [0.4, 0.5) is 5.82 Å². The van der Waals surface area contributed by atoms with Crippen LogP contribution in [0.15, 0.2) is 42.6 Å². The molecule has 0 unspecified atom stereocenters. The molecule has 0 aliphatic carbocycles. The molecular formula is C16H17N3O. The lowest BCUT2D eigenvalue weighted by Gasteiger charge is -2.07. The number of benzene rings is 1. The number of nitrogens with zero attached hydrogens (tertiary/aromatic N) is 2. The van der Waals surface area contributed by atoms with E-state index in [0.717, 1.165) is 28.0 Å². The van der Waals surface area contributed by atoms with Crippen LogP contribution in [0.3, 0.4) is 0 Å². The molecule has 4 nitrogen and oxygen atoms in total. The Hall–Kier alpha value is -2.33. The highest BCUT2D eigenvalue weighted by Gasteiger charge is 2.15. The molecule has 102 valence electrons. The zero-order valence-corrected chi connectivity index (χ0v) is 11.6. The minimum Gasteiger partial charge on any atom is -0.383 e. The van der Waals surface area contributed by atoms with Gasteiger partial charge in [0.15, 0.2) is 0 Å². The second-order valence-corrected chi connectivity index (χ2v) is 4.82. The van der Waals surface area contributed by atoms with Crippen LogP contribution in [-0.4, -0.2) is 16.5 Å². The zero-order valence-electron chi connectivity index (χ0n) is 11.6. The maximum Gasteiger partial charge on any atom is 0.142 e. The van der Waals surface area contributed by atoms with Gasteiger partial charge in [0.1, 0.15) is 17.2 Å². The Morgan fingerprint density at radius 2 is 2.00 bits per heavy atom. The van der Waals surface area contributed by atoms with Crippen molar-refractivity contribution in [2.24, 2.45) is 0 Å². The second-order valence-electron chi connectivity index (χ2n) is 4.82. The number of anilines is 1. The third-order valence-corrected chi connectivity index (χ3v) is 3.45. The summed E-state index contributed by atoms with van der Waals surface area (Å²) in [6, 6.07) is 12.1. The molecule has 0 atom stereocenters. The normalized spacial score (nSPS) is 11.1. The standard InChI is InChI=1S/C16H17N3O/c1-11-6-5-9-19-15(17)14(18-16(11)19)13-8-4-3-7-12(13)10-20-2/h3-9H,10,17H2,1-2H3. The smallest absolute Gasteiger partial charge is 0.142 e. The van der Waals surface area contributed by atoms with E-state index in [0.29, 0.717) is 12.4 Å². The van der Waals surface area contributed by atoms with Crippen molar-refractivity contribution >= 4 is 11.5 Å². The van der Waals surface area contributed by atoms with E-state index in [2.05, 4.69) is 0 Å². The lowest BCUT2D eigenvalue weighted by molar-refractivity contribution is 0.185. The van der Waals surface area contributed by atoms with Gasteiger partial charge >= 0.3 is 0 Å². The molecule has 2 N–H and O–H groups in total. The van der Waals surface area contributed by atoms with Crippen molar-refractivity contribution in [2.45, 2.75) is 13.5 Å². The van der Waals surface area contributed by atoms with Crippen molar-refractivity contribution in [3.8, 4) is 11.3 Å². The fourth-order valence-corrected chi connectivity index (χ4v) is 2.45. The van der Waals surface area contributed by atoms with Crippen LogP contribution in [0.25, 0.3) is 16.9 Å². The van der Waals surface area contributed by atoms with Crippen molar-refractivity contribution in [2.75, 3.05) is 12.8 Å². The van der Waals surface area contributed by atoms with E-state index in [1.807, 2.05) is 53.9 Å². The Morgan fingerprint density at radius 1 is 1.20 bits per heavy atom. The van der Waals surface area contributed by atoms with Crippen LogP contribution in [0, 0.1) is 6.92 Å². The number of hydrogen-bond donors (Lipinski definition) is 1. The number of nitrogen functional groups attached to an aromatic ring is 1. The van der Waals surface area contributed by atoms with E-state index in [1.54, 1.807) is 7.11 Å². The molecule has 3 aromatic rings. The van der Waals surface area contributed by atoms with Gasteiger partial charge in [0, 0.05) is 18.9 Å². The molecular weight excluding hydrogens is 250 g/mol. The number of pyridine rings is 1. The topological polar surface area (TPSA) is 52.5 Å². The van der Waals surface area contributed by atoms with Crippen LogP contribution in [0.1, 0.15) is 11.1 Å². The van der Waals surface area contributed by atoms with E-state index in [9.17, 15) is 0 Å². The summed E-state index contributed by atoms with van der Waals surface area (Å²) in [7, 11) is 1.69. The number of ether oxygens (including phenoxy) is 1. The van der Waals surface area contributed by atoms with Crippen molar-refractivity contribution in [1.82, 2.24) is 9.38 Å². The van der Waals surface area contributed by atoms with Crippen molar-refractivity contribution < 1.29 is 4.74 Å². The molecule has 4 heteroatoms. The maximum absolute atomic E-state index is 6.26. The SMILES string of the molecule is COCc1ccccc1-c1nc2c(C)cccn2c1N. The quantitative estimate of drug-likeness (QED) is 0.793. The van der Waals surface area contributed by atoms with Crippen LogP contribution in [0.2, 0.25) is 0 Å². The van der Waals surface area contributed by atoms with E-state index in [-0.39, 0.29) is 0 Å². The molecule has 0 bridgehead atoms. The average molecular weight is 267 g/mol. The number of methoxy groups -OCH3 is 1. The Balaban J connectivity index is 2.25. The first-order valence-electron chi connectivity index (χ1n) is 6.52.